The minimum Gasteiger partial charge on any atom is -0.404 e. The van der Waals surface area contributed by atoms with Crippen LogP contribution in [0.3, 0.4) is 0 Å². The molecule has 88 valence electrons. The van der Waals surface area contributed by atoms with Gasteiger partial charge in [-0.3, -0.25) is 0 Å². The van der Waals surface area contributed by atoms with Crippen molar-refractivity contribution in [2.24, 2.45) is 0 Å². The van der Waals surface area contributed by atoms with Gasteiger partial charge in [-0.1, -0.05) is 60.7 Å². The van der Waals surface area contributed by atoms with E-state index in [9.17, 15) is 4.80 Å². The third-order valence-electron chi connectivity index (χ3n) is 2.68. The van der Waals surface area contributed by atoms with Crippen molar-refractivity contribution in [3.63, 3.8) is 0 Å². The Morgan fingerprint density at radius 2 is 1.29 bits per heavy atom. The number of benzene rings is 2. The van der Waals surface area contributed by atoms with Gasteiger partial charge in [-0.15, -0.1) is 0 Å². The molecule has 2 nitrogen and oxygen atoms in total. The predicted octanol–water partition coefficient (Wildman–Crippen LogP) is 1.27. The Hall–Kier alpha value is -1.42. The van der Waals surface area contributed by atoms with Crippen LogP contribution in [0.15, 0.2) is 60.7 Å². The van der Waals surface area contributed by atoms with Gasteiger partial charge in [-0.2, -0.15) is 0 Å². The Kier molecular flexibility index (Phi) is 3.74. The topological polar surface area (TPSA) is 29.5 Å². The lowest BCUT2D eigenvalue weighted by atomic mass is 10.4. The molecule has 0 spiro atoms. The first kappa shape index (κ1) is 12.0. The standard InChI is InChI=1S/C14H16O2Si/c1-2-16-17(15,13-9-5-3-6-10-13)14-11-7-4-8-12-14/h3-12,15H,2H2,1H3. The minimum absolute atomic E-state index is 0.506. The molecule has 0 radical (unpaired) electrons. The minimum atomic E-state index is -3.00. The normalized spacial score (nSPS) is 11.4. The van der Waals surface area contributed by atoms with E-state index in [-0.39, 0.29) is 0 Å². The first-order chi connectivity index (χ1) is 8.27. The highest BCUT2D eigenvalue weighted by Crippen LogP contribution is 2.03. The average molecular weight is 244 g/mol. The quantitative estimate of drug-likeness (QED) is 0.821. The largest absolute Gasteiger partial charge is 0.404 e. The highest BCUT2D eigenvalue weighted by molar-refractivity contribution is 6.91. The van der Waals surface area contributed by atoms with Crippen LogP contribution >= 0.6 is 0 Å². The van der Waals surface area contributed by atoms with Crippen molar-refractivity contribution in [1.29, 1.82) is 0 Å². The molecule has 0 heterocycles. The number of rotatable bonds is 4. The Bertz CT molecular complexity index is 417. The average Bonchev–Trinajstić information content (AvgIpc) is 2.41. The van der Waals surface area contributed by atoms with Gasteiger partial charge >= 0.3 is 8.56 Å². The monoisotopic (exact) mass is 244 g/mol. The third-order valence-corrected chi connectivity index (χ3v) is 5.62. The highest BCUT2D eigenvalue weighted by atomic mass is 28.4. The van der Waals surface area contributed by atoms with Crippen molar-refractivity contribution >= 4 is 18.9 Å². The summed E-state index contributed by atoms with van der Waals surface area (Å²) in [5.41, 5.74) is 0. The van der Waals surface area contributed by atoms with Gasteiger partial charge in [0, 0.05) is 6.61 Å². The van der Waals surface area contributed by atoms with Crippen LogP contribution in [0.4, 0.5) is 0 Å². The molecular weight excluding hydrogens is 228 g/mol. The fourth-order valence-corrected chi connectivity index (χ4v) is 4.24. The van der Waals surface area contributed by atoms with Crippen LogP contribution in [0, 0.1) is 0 Å². The molecule has 17 heavy (non-hydrogen) atoms. The van der Waals surface area contributed by atoms with E-state index in [0.29, 0.717) is 6.61 Å². The van der Waals surface area contributed by atoms with Gasteiger partial charge < -0.3 is 9.22 Å². The Morgan fingerprint density at radius 3 is 1.65 bits per heavy atom. The zero-order valence-electron chi connectivity index (χ0n) is 9.84. The summed E-state index contributed by atoms with van der Waals surface area (Å²) >= 11 is 0. The first-order valence-corrected chi connectivity index (χ1v) is 7.60. The SMILES string of the molecule is CCO[Si](O)(c1ccccc1)c1ccccc1. The zero-order valence-corrected chi connectivity index (χ0v) is 10.8. The Labute approximate surface area is 103 Å². The molecule has 0 atom stereocenters. The first-order valence-electron chi connectivity index (χ1n) is 5.74. The van der Waals surface area contributed by atoms with Gasteiger partial charge in [0.1, 0.15) is 0 Å². The van der Waals surface area contributed by atoms with Gasteiger partial charge in [-0.05, 0) is 17.3 Å². The van der Waals surface area contributed by atoms with Crippen molar-refractivity contribution in [3.05, 3.63) is 60.7 Å². The van der Waals surface area contributed by atoms with E-state index in [1.807, 2.05) is 67.6 Å². The molecule has 0 aliphatic rings. The second kappa shape index (κ2) is 5.27. The maximum Gasteiger partial charge on any atom is 0.404 e. The van der Waals surface area contributed by atoms with Crippen molar-refractivity contribution in [3.8, 4) is 0 Å². The van der Waals surface area contributed by atoms with Crippen molar-refractivity contribution in [2.45, 2.75) is 6.92 Å². The van der Waals surface area contributed by atoms with Gasteiger partial charge in [0.15, 0.2) is 0 Å². The summed E-state index contributed by atoms with van der Waals surface area (Å²) in [4.78, 5) is 10.9. The molecular formula is C14H16O2Si. The van der Waals surface area contributed by atoms with Crippen LogP contribution in [-0.2, 0) is 4.43 Å². The van der Waals surface area contributed by atoms with E-state index in [4.69, 9.17) is 4.43 Å². The lowest BCUT2D eigenvalue weighted by Gasteiger charge is -2.24. The number of hydrogen-bond acceptors (Lipinski definition) is 2. The van der Waals surface area contributed by atoms with E-state index >= 15 is 0 Å². The van der Waals surface area contributed by atoms with Crippen LogP contribution in [0.5, 0.6) is 0 Å². The van der Waals surface area contributed by atoms with E-state index in [2.05, 4.69) is 0 Å². The zero-order chi connectivity index (χ0) is 12.1. The summed E-state index contributed by atoms with van der Waals surface area (Å²) in [6.45, 7) is 2.41. The lowest BCUT2D eigenvalue weighted by Crippen LogP contribution is -2.61. The van der Waals surface area contributed by atoms with E-state index in [1.54, 1.807) is 0 Å². The third kappa shape index (κ3) is 2.47. The summed E-state index contributed by atoms with van der Waals surface area (Å²) in [6.07, 6.45) is 0. The van der Waals surface area contributed by atoms with E-state index in [1.165, 1.54) is 0 Å². The summed E-state index contributed by atoms with van der Waals surface area (Å²) in [6, 6.07) is 19.3. The van der Waals surface area contributed by atoms with Crippen LogP contribution in [0.25, 0.3) is 0 Å². The van der Waals surface area contributed by atoms with Gasteiger partial charge in [0.25, 0.3) is 0 Å². The lowest BCUT2D eigenvalue weighted by molar-refractivity contribution is 0.270. The molecule has 2 rings (SSSR count). The van der Waals surface area contributed by atoms with Crippen molar-refractivity contribution < 1.29 is 9.22 Å². The molecule has 0 aliphatic heterocycles. The maximum atomic E-state index is 10.9. The highest BCUT2D eigenvalue weighted by Gasteiger charge is 2.38. The van der Waals surface area contributed by atoms with Gasteiger partial charge in [-0.25, -0.2) is 0 Å². The Balaban J connectivity index is 2.47. The van der Waals surface area contributed by atoms with Crippen molar-refractivity contribution in [2.75, 3.05) is 6.61 Å². The molecule has 3 heteroatoms. The molecule has 2 aromatic rings. The molecule has 0 amide bonds. The van der Waals surface area contributed by atoms with E-state index < -0.39 is 8.56 Å². The molecule has 1 N–H and O–H groups in total. The molecule has 0 unspecified atom stereocenters. The fourth-order valence-electron chi connectivity index (χ4n) is 1.87. The predicted molar refractivity (Wildman–Crippen MR) is 71.8 cm³/mol. The van der Waals surface area contributed by atoms with Gasteiger partial charge in [0.05, 0.1) is 0 Å². The van der Waals surface area contributed by atoms with Crippen LogP contribution in [0.2, 0.25) is 0 Å². The van der Waals surface area contributed by atoms with Crippen LogP contribution in [0.1, 0.15) is 6.92 Å². The Morgan fingerprint density at radius 1 is 0.882 bits per heavy atom. The van der Waals surface area contributed by atoms with Gasteiger partial charge in [0.2, 0.25) is 0 Å². The molecule has 0 fully saturated rings. The summed E-state index contributed by atoms with van der Waals surface area (Å²) in [7, 11) is -3.00. The molecule has 0 bridgehead atoms. The molecule has 0 aliphatic carbocycles. The molecule has 0 saturated heterocycles. The second-order valence-corrected chi connectivity index (χ2v) is 6.54. The second-order valence-electron chi connectivity index (χ2n) is 3.81. The summed E-state index contributed by atoms with van der Waals surface area (Å²) < 4.78 is 5.70. The molecule has 0 saturated carbocycles. The summed E-state index contributed by atoms with van der Waals surface area (Å²) in [5.74, 6) is 0. The molecule has 2 aromatic carbocycles. The number of hydrogen-bond donors (Lipinski definition) is 1. The fraction of sp³-hybridized carbons (Fsp3) is 0.143. The van der Waals surface area contributed by atoms with Crippen LogP contribution < -0.4 is 10.4 Å². The van der Waals surface area contributed by atoms with Crippen molar-refractivity contribution in [1.82, 2.24) is 0 Å². The van der Waals surface area contributed by atoms with E-state index in [0.717, 1.165) is 10.4 Å². The molecule has 0 aromatic heterocycles. The summed E-state index contributed by atoms with van der Waals surface area (Å²) in [5, 5.41) is 1.76. The smallest absolute Gasteiger partial charge is 0.404 e. The maximum absolute atomic E-state index is 10.9. The van der Waals surface area contributed by atoms with Crippen LogP contribution in [-0.4, -0.2) is 20.0 Å².